The van der Waals surface area contributed by atoms with E-state index in [9.17, 15) is 5.11 Å². The predicted octanol–water partition coefficient (Wildman–Crippen LogP) is 2.93. The van der Waals surface area contributed by atoms with Gasteiger partial charge in [0.1, 0.15) is 5.60 Å². The average Bonchev–Trinajstić information content (AvgIpc) is 3.39. The Morgan fingerprint density at radius 2 is 1.64 bits per heavy atom. The SMILES string of the molecule is OC(c1cccnc1)(c1cccnc1)C(c1ccccc1)N1CC2C[C@H]1CO2. The van der Waals surface area contributed by atoms with Crippen LogP contribution in [0.15, 0.2) is 79.4 Å². The van der Waals surface area contributed by atoms with E-state index in [1.165, 1.54) is 0 Å². The number of aliphatic hydroxyl groups is 1. The van der Waals surface area contributed by atoms with Crippen molar-refractivity contribution in [2.45, 2.75) is 30.2 Å². The molecule has 0 radical (unpaired) electrons. The molecule has 28 heavy (non-hydrogen) atoms. The van der Waals surface area contributed by atoms with Crippen molar-refractivity contribution in [3.05, 3.63) is 96.1 Å². The van der Waals surface area contributed by atoms with Gasteiger partial charge in [-0.1, -0.05) is 42.5 Å². The van der Waals surface area contributed by atoms with Crippen LogP contribution in [0.5, 0.6) is 0 Å². The lowest BCUT2D eigenvalue weighted by atomic mass is 9.77. The predicted molar refractivity (Wildman–Crippen MR) is 106 cm³/mol. The number of likely N-dealkylation sites (tertiary alicyclic amines) is 1. The van der Waals surface area contributed by atoms with Crippen LogP contribution in [0.25, 0.3) is 0 Å². The molecule has 0 aliphatic carbocycles. The Hall–Kier alpha value is -2.60. The number of rotatable bonds is 5. The van der Waals surface area contributed by atoms with Gasteiger partial charge in [-0.25, -0.2) is 0 Å². The summed E-state index contributed by atoms with van der Waals surface area (Å²) in [5.41, 5.74) is 1.32. The summed E-state index contributed by atoms with van der Waals surface area (Å²) in [6.07, 6.45) is 8.23. The molecule has 0 amide bonds. The zero-order valence-corrected chi connectivity index (χ0v) is 15.6. The Morgan fingerprint density at radius 3 is 2.14 bits per heavy atom. The number of nitrogens with zero attached hydrogens (tertiary/aromatic N) is 3. The van der Waals surface area contributed by atoms with Gasteiger partial charge in [0.2, 0.25) is 0 Å². The third kappa shape index (κ3) is 2.83. The van der Waals surface area contributed by atoms with Crippen molar-refractivity contribution < 1.29 is 9.84 Å². The number of morpholine rings is 1. The van der Waals surface area contributed by atoms with Gasteiger partial charge in [0.15, 0.2) is 0 Å². The third-order valence-corrected chi connectivity index (χ3v) is 5.99. The summed E-state index contributed by atoms with van der Waals surface area (Å²) in [4.78, 5) is 11.0. The zero-order chi connectivity index (χ0) is 19.0. The summed E-state index contributed by atoms with van der Waals surface area (Å²) in [5.74, 6) is 0. The third-order valence-electron chi connectivity index (χ3n) is 5.99. The molecular weight excluding hydrogens is 350 g/mol. The van der Waals surface area contributed by atoms with E-state index in [2.05, 4.69) is 27.0 Å². The van der Waals surface area contributed by atoms with E-state index in [1.54, 1.807) is 24.8 Å². The Bertz CT molecular complexity index is 881. The molecule has 2 aliphatic heterocycles. The molecule has 2 bridgehead atoms. The van der Waals surface area contributed by atoms with Crippen molar-refractivity contribution in [3.8, 4) is 0 Å². The van der Waals surface area contributed by atoms with Crippen LogP contribution in [0.4, 0.5) is 0 Å². The van der Waals surface area contributed by atoms with Crippen molar-refractivity contribution in [1.29, 1.82) is 0 Å². The quantitative estimate of drug-likeness (QED) is 0.745. The Labute approximate surface area is 164 Å². The van der Waals surface area contributed by atoms with Gasteiger partial charge in [0.25, 0.3) is 0 Å². The largest absolute Gasteiger partial charge is 0.378 e. The molecule has 142 valence electrons. The first-order valence-electron chi connectivity index (χ1n) is 9.72. The standard InChI is InChI=1S/C23H23N3O2/c27-23(18-8-4-10-24-13-18,19-9-5-11-25-14-19)22(17-6-2-1-3-7-17)26-15-21-12-20(26)16-28-21/h1-11,13-14,20-22,27H,12,15-16H2/t20-,21?,22?/m0/s1. The minimum Gasteiger partial charge on any atom is -0.378 e. The smallest absolute Gasteiger partial charge is 0.137 e. The number of ether oxygens (including phenoxy) is 1. The molecule has 5 rings (SSSR count). The molecule has 2 saturated heterocycles. The van der Waals surface area contributed by atoms with Gasteiger partial charge in [0.05, 0.1) is 18.8 Å². The first-order chi connectivity index (χ1) is 13.8. The molecule has 2 unspecified atom stereocenters. The highest BCUT2D eigenvalue weighted by molar-refractivity contribution is 5.40. The monoisotopic (exact) mass is 373 g/mol. The summed E-state index contributed by atoms with van der Waals surface area (Å²) in [6, 6.07) is 17.9. The topological polar surface area (TPSA) is 58.5 Å². The number of fused-ring (bicyclic) bond motifs is 2. The fourth-order valence-corrected chi connectivity index (χ4v) is 4.71. The lowest BCUT2D eigenvalue weighted by Gasteiger charge is -2.45. The molecule has 4 heterocycles. The van der Waals surface area contributed by atoms with Crippen LogP contribution in [0.3, 0.4) is 0 Å². The number of aromatic nitrogens is 2. The summed E-state index contributed by atoms with van der Waals surface area (Å²) in [7, 11) is 0. The van der Waals surface area contributed by atoms with Crippen LogP contribution in [-0.2, 0) is 10.3 Å². The lowest BCUT2D eigenvalue weighted by molar-refractivity contribution is -0.0643. The van der Waals surface area contributed by atoms with E-state index in [1.807, 2.05) is 42.5 Å². The highest BCUT2D eigenvalue weighted by atomic mass is 16.5. The summed E-state index contributed by atoms with van der Waals surface area (Å²) >= 11 is 0. The summed E-state index contributed by atoms with van der Waals surface area (Å²) in [6.45, 7) is 1.53. The number of hydrogen-bond acceptors (Lipinski definition) is 5. The van der Waals surface area contributed by atoms with E-state index in [0.717, 1.165) is 29.7 Å². The van der Waals surface area contributed by atoms with Crippen LogP contribution in [0.2, 0.25) is 0 Å². The maximum Gasteiger partial charge on any atom is 0.137 e. The first kappa shape index (κ1) is 17.5. The highest BCUT2D eigenvalue weighted by Crippen LogP contribution is 2.48. The second-order valence-corrected chi connectivity index (χ2v) is 7.60. The molecular formula is C23H23N3O2. The van der Waals surface area contributed by atoms with E-state index in [4.69, 9.17) is 4.74 Å². The van der Waals surface area contributed by atoms with Crippen molar-refractivity contribution in [2.75, 3.05) is 13.2 Å². The highest BCUT2D eigenvalue weighted by Gasteiger charge is 2.51. The van der Waals surface area contributed by atoms with Gasteiger partial charge >= 0.3 is 0 Å². The van der Waals surface area contributed by atoms with Crippen LogP contribution in [0.1, 0.15) is 29.2 Å². The molecule has 2 aliphatic rings. The molecule has 5 heteroatoms. The molecule has 3 atom stereocenters. The van der Waals surface area contributed by atoms with E-state index in [-0.39, 0.29) is 12.1 Å². The van der Waals surface area contributed by atoms with Crippen molar-refractivity contribution >= 4 is 0 Å². The number of hydrogen-bond donors (Lipinski definition) is 1. The van der Waals surface area contributed by atoms with E-state index in [0.29, 0.717) is 12.6 Å². The van der Waals surface area contributed by atoms with Crippen LogP contribution in [0, 0.1) is 0 Å². The molecule has 2 aromatic heterocycles. The fraction of sp³-hybridized carbons (Fsp3) is 0.304. The van der Waals surface area contributed by atoms with E-state index < -0.39 is 5.60 Å². The van der Waals surface area contributed by atoms with Crippen molar-refractivity contribution in [1.82, 2.24) is 14.9 Å². The minimum atomic E-state index is -1.28. The van der Waals surface area contributed by atoms with Crippen LogP contribution >= 0.6 is 0 Å². The maximum absolute atomic E-state index is 12.4. The van der Waals surface area contributed by atoms with Crippen molar-refractivity contribution in [3.63, 3.8) is 0 Å². The van der Waals surface area contributed by atoms with Gasteiger partial charge in [-0.3, -0.25) is 14.9 Å². The first-order valence-corrected chi connectivity index (χ1v) is 9.72. The maximum atomic E-state index is 12.4. The average molecular weight is 373 g/mol. The second-order valence-electron chi connectivity index (χ2n) is 7.60. The molecule has 5 nitrogen and oxygen atoms in total. The zero-order valence-electron chi connectivity index (χ0n) is 15.6. The van der Waals surface area contributed by atoms with Gasteiger partial charge in [-0.2, -0.15) is 0 Å². The lowest BCUT2D eigenvalue weighted by Crippen LogP contribution is -2.49. The van der Waals surface area contributed by atoms with Gasteiger partial charge in [-0.05, 0) is 24.1 Å². The molecule has 0 saturated carbocycles. The van der Waals surface area contributed by atoms with Crippen LogP contribution in [-0.4, -0.2) is 45.3 Å². The summed E-state index contributed by atoms with van der Waals surface area (Å²) in [5, 5.41) is 12.4. The molecule has 3 aromatic rings. The minimum absolute atomic E-state index is 0.239. The van der Waals surface area contributed by atoms with Crippen LogP contribution < -0.4 is 0 Å². The van der Waals surface area contributed by atoms with E-state index >= 15 is 0 Å². The molecule has 2 fully saturated rings. The normalized spacial score (nSPS) is 23.0. The number of benzene rings is 1. The Kier molecular flexibility index (Phi) is 4.43. The Balaban J connectivity index is 1.71. The summed E-state index contributed by atoms with van der Waals surface area (Å²) < 4.78 is 5.84. The fourth-order valence-electron chi connectivity index (χ4n) is 4.71. The molecule has 1 N–H and O–H groups in total. The molecule has 1 aromatic carbocycles. The molecule has 0 spiro atoms. The second kappa shape index (κ2) is 7.09. The van der Waals surface area contributed by atoms with Gasteiger partial charge in [-0.15, -0.1) is 0 Å². The number of pyridine rings is 2. The van der Waals surface area contributed by atoms with Gasteiger partial charge < -0.3 is 9.84 Å². The Morgan fingerprint density at radius 1 is 0.964 bits per heavy atom. The van der Waals surface area contributed by atoms with Crippen molar-refractivity contribution in [2.24, 2.45) is 0 Å². The van der Waals surface area contributed by atoms with Gasteiger partial charge in [0, 0.05) is 48.5 Å².